The largest absolute Gasteiger partial charge is 0.277 e. The zero-order valence-corrected chi connectivity index (χ0v) is 8.26. The number of nitrogens with zero attached hydrogens (tertiary/aromatic N) is 1. The number of carbonyl (C=O) groups excluding carboxylic acids is 1. The molecule has 1 aliphatic heterocycles. The van der Waals surface area contributed by atoms with Crippen LogP contribution < -0.4 is 0 Å². The maximum atomic E-state index is 11.4. The molecular formula is C7H4BrNO2S. The second kappa shape index (κ2) is 2.67. The molecule has 0 N–H and O–H groups in total. The van der Waals surface area contributed by atoms with E-state index in [1.807, 2.05) is 0 Å². The smallest absolute Gasteiger partial charge is 0.267 e. The highest BCUT2D eigenvalue weighted by Gasteiger charge is 2.32. The quantitative estimate of drug-likeness (QED) is 0.650. The van der Waals surface area contributed by atoms with E-state index >= 15 is 0 Å². The van der Waals surface area contributed by atoms with Gasteiger partial charge in [-0.15, -0.1) is 0 Å². The molecule has 0 bridgehead atoms. The predicted octanol–water partition coefficient (Wildman–Crippen LogP) is 1.47. The molecule has 0 radical (unpaired) electrons. The second-order valence-corrected chi connectivity index (χ2v) is 4.78. The first-order chi connectivity index (χ1) is 5.72. The van der Waals surface area contributed by atoms with E-state index in [4.69, 9.17) is 0 Å². The fourth-order valence-electron chi connectivity index (χ4n) is 1.05. The van der Waals surface area contributed by atoms with Gasteiger partial charge in [0.05, 0.1) is 26.6 Å². The Morgan fingerprint density at radius 3 is 2.67 bits per heavy atom. The van der Waals surface area contributed by atoms with Crippen LogP contribution >= 0.6 is 16.1 Å². The van der Waals surface area contributed by atoms with Gasteiger partial charge in [-0.3, -0.25) is 4.79 Å². The molecule has 0 spiro atoms. The Balaban J connectivity index is 2.67. The first-order valence-corrected chi connectivity index (χ1v) is 5.04. The van der Waals surface area contributed by atoms with Crippen molar-refractivity contribution < 1.29 is 9.00 Å². The van der Waals surface area contributed by atoms with Crippen molar-refractivity contribution in [2.45, 2.75) is 4.90 Å². The van der Waals surface area contributed by atoms with Crippen LogP contribution in [0, 0.1) is 0 Å². The minimum absolute atomic E-state index is 0.246. The molecule has 5 heteroatoms. The highest BCUT2D eigenvalue weighted by molar-refractivity contribution is 9.09. The summed E-state index contributed by atoms with van der Waals surface area (Å²) in [6.45, 7) is 0. The minimum Gasteiger partial charge on any atom is -0.267 e. The third-order valence-electron chi connectivity index (χ3n) is 1.61. The third-order valence-corrected chi connectivity index (χ3v) is 3.91. The van der Waals surface area contributed by atoms with Crippen molar-refractivity contribution >= 4 is 33.0 Å². The number of amides is 1. The molecule has 0 aliphatic carbocycles. The van der Waals surface area contributed by atoms with E-state index in [9.17, 15) is 9.00 Å². The molecule has 1 aliphatic rings. The number of fused-ring (bicyclic) bond motifs is 1. The summed E-state index contributed by atoms with van der Waals surface area (Å²) < 4.78 is 12.4. The van der Waals surface area contributed by atoms with Gasteiger partial charge in [0.1, 0.15) is 0 Å². The summed E-state index contributed by atoms with van der Waals surface area (Å²) in [4.78, 5) is 11.9. The Bertz CT molecular complexity index is 344. The lowest BCUT2D eigenvalue weighted by Gasteiger charge is -1.99. The average Bonchev–Trinajstić information content (AvgIpc) is 2.33. The molecule has 12 heavy (non-hydrogen) atoms. The zero-order chi connectivity index (χ0) is 8.72. The summed E-state index contributed by atoms with van der Waals surface area (Å²) in [5.41, 5.74) is 0.507. The van der Waals surface area contributed by atoms with E-state index in [0.29, 0.717) is 10.5 Å². The van der Waals surface area contributed by atoms with Gasteiger partial charge in [0, 0.05) is 0 Å². The van der Waals surface area contributed by atoms with E-state index in [1.165, 1.54) is 0 Å². The molecule has 62 valence electrons. The zero-order valence-electron chi connectivity index (χ0n) is 5.86. The molecule has 0 aromatic heterocycles. The molecule has 1 atom stereocenters. The van der Waals surface area contributed by atoms with Crippen molar-refractivity contribution in [1.29, 1.82) is 0 Å². The molecule has 1 unspecified atom stereocenters. The van der Waals surface area contributed by atoms with Gasteiger partial charge in [0.2, 0.25) is 0 Å². The van der Waals surface area contributed by atoms with Crippen molar-refractivity contribution in [3.05, 3.63) is 29.8 Å². The van der Waals surface area contributed by atoms with E-state index in [1.54, 1.807) is 24.3 Å². The number of benzene rings is 1. The molecule has 3 nitrogen and oxygen atoms in total. The standard InChI is InChI=1S/C7H4BrNO2S/c8-9-7(10)5-3-1-2-4-6(5)12(9)11/h1-4H. The highest BCUT2D eigenvalue weighted by Crippen LogP contribution is 2.28. The predicted molar refractivity (Wildman–Crippen MR) is 47.9 cm³/mol. The number of hydrogen-bond donors (Lipinski definition) is 0. The fourth-order valence-corrected chi connectivity index (χ4v) is 2.67. The summed E-state index contributed by atoms with van der Waals surface area (Å²) in [6, 6.07) is 6.86. The second-order valence-electron chi connectivity index (χ2n) is 2.30. The van der Waals surface area contributed by atoms with Crippen LogP contribution in [0.15, 0.2) is 29.2 Å². The minimum atomic E-state index is -1.37. The van der Waals surface area contributed by atoms with Crippen molar-refractivity contribution in [3.63, 3.8) is 0 Å². The maximum absolute atomic E-state index is 11.4. The molecule has 0 saturated heterocycles. The molecule has 1 amide bonds. The maximum Gasteiger partial charge on any atom is 0.277 e. The lowest BCUT2D eigenvalue weighted by molar-refractivity contribution is 0.0940. The van der Waals surface area contributed by atoms with Gasteiger partial charge in [-0.1, -0.05) is 12.1 Å². The molecule has 1 aromatic carbocycles. The van der Waals surface area contributed by atoms with Crippen molar-refractivity contribution in [2.75, 3.05) is 0 Å². The van der Waals surface area contributed by atoms with Crippen LogP contribution in [0.1, 0.15) is 10.4 Å². The van der Waals surface area contributed by atoms with Crippen LogP contribution in [0.5, 0.6) is 0 Å². The third kappa shape index (κ3) is 0.931. The van der Waals surface area contributed by atoms with Gasteiger partial charge in [-0.2, -0.15) is 3.33 Å². The van der Waals surface area contributed by atoms with Gasteiger partial charge in [0.15, 0.2) is 11.0 Å². The molecule has 0 saturated carbocycles. The Labute approximate surface area is 80.3 Å². The van der Waals surface area contributed by atoms with E-state index in [0.717, 1.165) is 3.33 Å². The number of halogens is 1. The van der Waals surface area contributed by atoms with Crippen LogP contribution in [-0.2, 0) is 11.0 Å². The average molecular weight is 246 g/mol. The Kier molecular flexibility index (Phi) is 1.77. The number of carbonyl (C=O) groups is 1. The van der Waals surface area contributed by atoms with Crippen LogP contribution in [0.2, 0.25) is 0 Å². The van der Waals surface area contributed by atoms with Crippen LogP contribution in [0.3, 0.4) is 0 Å². The molecule has 1 aromatic rings. The number of rotatable bonds is 0. The SMILES string of the molecule is O=C1c2ccccc2S(=O)N1Br. The molecular weight excluding hydrogens is 242 g/mol. The van der Waals surface area contributed by atoms with Crippen LogP contribution in [0.4, 0.5) is 0 Å². The van der Waals surface area contributed by atoms with Crippen LogP contribution in [0.25, 0.3) is 0 Å². The first-order valence-electron chi connectivity index (χ1n) is 3.23. The first kappa shape index (κ1) is 7.94. The summed E-state index contributed by atoms with van der Waals surface area (Å²) in [5, 5.41) is 0. The van der Waals surface area contributed by atoms with Crippen LogP contribution in [-0.4, -0.2) is 13.4 Å². The lowest BCUT2D eigenvalue weighted by atomic mass is 10.2. The summed E-state index contributed by atoms with van der Waals surface area (Å²) in [5.74, 6) is -0.246. The van der Waals surface area contributed by atoms with E-state index < -0.39 is 11.0 Å². The van der Waals surface area contributed by atoms with E-state index in [2.05, 4.69) is 16.1 Å². The lowest BCUT2D eigenvalue weighted by Crippen LogP contribution is -2.13. The van der Waals surface area contributed by atoms with Gasteiger partial charge >= 0.3 is 0 Å². The normalized spacial score (nSPS) is 21.2. The van der Waals surface area contributed by atoms with Crippen molar-refractivity contribution in [1.82, 2.24) is 3.33 Å². The molecule has 0 fully saturated rings. The Morgan fingerprint density at radius 1 is 1.33 bits per heavy atom. The monoisotopic (exact) mass is 245 g/mol. The Morgan fingerprint density at radius 2 is 2.00 bits per heavy atom. The Hall–Kier alpha value is -0.680. The van der Waals surface area contributed by atoms with Crippen molar-refractivity contribution in [2.24, 2.45) is 0 Å². The van der Waals surface area contributed by atoms with Gasteiger partial charge in [-0.05, 0) is 12.1 Å². The summed E-state index contributed by atoms with van der Waals surface area (Å²) >= 11 is 2.93. The van der Waals surface area contributed by atoms with Gasteiger partial charge in [-0.25, -0.2) is 4.21 Å². The summed E-state index contributed by atoms with van der Waals surface area (Å²) in [6.07, 6.45) is 0. The fraction of sp³-hybridized carbons (Fsp3) is 0. The van der Waals surface area contributed by atoms with Gasteiger partial charge in [0.25, 0.3) is 5.91 Å². The van der Waals surface area contributed by atoms with Gasteiger partial charge < -0.3 is 0 Å². The molecule has 2 rings (SSSR count). The highest BCUT2D eigenvalue weighted by atomic mass is 79.9. The van der Waals surface area contributed by atoms with Crippen molar-refractivity contribution in [3.8, 4) is 0 Å². The number of hydrogen-bond acceptors (Lipinski definition) is 2. The topological polar surface area (TPSA) is 37.4 Å². The summed E-state index contributed by atoms with van der Waals surface area (Å²) in [7, 11) is -1.37. The van der Waals surface area contributed by atoms with E-state index in [-0.39, 0.29) is 5.91 Å². The molecule has 1 heterocycles.